The molecule has 0 nitrogen and oxygen atoms in total. The molecule has 0 amide bonds. The highest BCUT2D eigenvalue weighted by molar-refractivity contribution is 5.72. The van der Waals surface area contributed by atoms with Crippen LogP contribution in [0.5, 0.6) is 0 Å². The van der Waals surface area contributed by atoms with E-state index in [1.807, 2.05) is 24.3 Å². The van der Waals surface area contributed by atoms with Crippen LogP contribution in [0, 0.1) is 17.7 Å². The van der Waals surface area contributed by atoms with E-state index >= 15 is 4.39 Å². The van der Waals surface area contributed by atoms with Crippen LogP contribution >= 0.6 is 0 Å². The smallest absolute Gasteiger partial charge is 0.131 e. The molecule has 1 aliphatic carbocycles. The summed E-state index contributed by atoms with van der Waals surface area (Å²) in [5.74, 6) is 2.15. The standard InChI is InChI=1S/C40H45F/c1-3-7-31-10-12-32(13-11-31)14-15-33-16-18-34(19-17-33)20-25-38-26-27-39(29-40(38)41)37-23-21-35(22-24-37)28-30(2)36-8-5-4-6-9-36/h4-6,8-9,16-27,29-32H,3,7,10-15,28H2,1-2H3/b25-20+. The molecule has 1 fully saturated rings. The molecule has 1 unspecified atom stereocenters. The minimum atomic E-state index is -0.189. The Morgan fingerprint density at radius 3 is 2.00 bits per heavy atom. The highest BCUT2D eigenvalue weighted by Gasteiger charge is 2.20. The van der Waals surface area contributed by atoms with Gasteiger partial charge in [-0.15, -0.1) is 0 Å². The molecule has 0 spiro atoms. The van der Waals surface area contributed by atoms with Crippen LogP contribution in [0.25, 0.3) is 23.3 Å². The molecule has 0 N–H and O–H groups in total. The van der Waals surface area contributed by atoms with Gasteiger partial charge >= 0.3 is 0 Å². The molecule has 0 heterocycles. The fourth-order valence-corrected chi connectivity index (χ4v) is 6.50. The van der Waals surface area contributed by atoms with Crippen LogP contribution in [-0.2, 0) is 12.8 Å². The van der Waals surface area contributed by atoms with Gasteiger partial charge in [0.25, 0.3) is 0 Å². The van der Waals surface area contributed by atoms with Gasteiger partial charge in [0, 0.05) is 5.56 Å². The third kappa shape index (κ3) is 8.29. The Morgan fingerprint density at radius 2 is 1.34 bits per heavy atom. The van der Waals surface area contributed by atoms with Crippen LogP contribution in [0.1, 0.15) is 92.5 Å². The Hall–Kier alpha value is -3.45. The third-order valence-corrected chi connectivity index (χ3v) is 9.14. The Balaban J connectivity index is 1.13. The van der Waals surface area contributed by atoms with Gasteiger partial charge < -0.3 is 0 Å². The average molecular weight is 545 g/mol. The van der Waals surface area contributed by atoms with Gasteiger partial charge in [-0.05, 0) is 76.5 Å². The highest BCUT2D eigenvalue weighted by Crippen LogP contribution is 2.34. The number of aryl methyl sites for hydroxylation is 1. The third-order valence-electron chi connectivity index (χ3n) is 9.14. The summed E-state index contributed by atoms with van der Waals surface area (Å²) in [7, 11) is 0. The van der Waals surface area contributed by atoms with E-state index in [-0.39, 0.29) is 5.82 Å². The van der Waals surface area contributed by atoms with Crippen LogP contribution in [0.15, 0.2) is 97.1 Å². The first-order valence-electron chi connectivity index (χ1n) is 15.8. The van der Waals surface area contributed by atoms with Crippen molar-refractivity contribution in [2.45, 2.75) is 77.6 Å². The van der Waals surface area contributed by atoms with Crippen LogP contribution in [0.3, 0.4) is 0 Å². The van der Waals surface area contributed by atoms with Gasteiger partial charge in [-0.25, -0.2) is 4.39 Å². The lowest BCUT2D eigenvalue weighted by atomic mass is 9.78. The first kappa shape index (κ1) is 29.1. The molecule has 41 heavy (non-hydrogen) atoms. The maximum Gasteiger partial charge on any atom is 0.131 e. The Morgan fingerprint density at radius 1 is 0.707 bits per heavy atom. The second-order valence-corrected chi connectivity index (χ2v) is 12.2. The van der Waals surface area contributed by atoms with Crippen LogP contribution < -0.4 is 0 Å². The molecule has 212 valence electrons. The summed E-state index contributed by atoms with van der Waals surface area (Å²) in [5.41, 5.74) is 7.74. The fourth-order valence-electron chi connectivity index (χ4n) is 6.50. The van der Waals surface area contributed by atoms with Crippen LogP contribution in [0.2, 0.25) is 0 Å². The summed E-state index contributed by atoms with van der Waals surface area (Å²) in [6, 6.07) is 33.5. The number of hydrogen-bond donors (Lipinski definition) is 0. The van der Waals surface area contributed by atoms with Gasteiger partial charge in [-0.1, -0.05) is 156 Å². The molecule has 4 aromatic rings. The lowest BCUT2D eigenvalue weighted by molar-refractivity contribution is 0.252. The molecule has 0 aromatic heterocycles. The average Bonchev–Trinajstić information content (AvgIpc) is 3.01. The van der Waals surface area contributed by atoms with E-state index < -0.39 is 0 Å². The zero-order chi connectivity index (χ0) is 28.4. The molecule has 1 heteroatoms. The first-order valence-corrected chi connectivity index (χ1v) is 15.8. The second kappa shape index (κ2) is 14.4. The number of benzene rings is 4. The lowest BCUT2D eigenvalue weighted by Gasteiger charge is -2.28. The largest absolute Gasteiger partial charge is 0.206 e. The molecular weight excluding hydrogens is 499 g/mol. The molecule has 0 aliphatic heterocycles. The topological polar surface area (TPSA) is 0 Å². The quantitative estimate of drug-likeness (QED) is 0.165. The zero-order valence-corrected chi connectivity index (χ0v) is 24.9. The summed E-state index contributed by atoms with van der Waals surface area (Å²) in [4.78, 5) is 0. The summed E-state index contributed by atoms with van der Waals surface area (Å²) in [5, 5.41) is 0. The Labute approximate surface area is 247 Å². The predicted octanol–water partition coefficient (Wildman–Crippen LogP) is 11.5. The zero-order valence-electron chi connectivity index (χ0n) is 24.9. The lowest BCUT2D eigenvalue weighted by Crippen LogP contribution is -2.15. The van der Waals surface area contributed by atoms with Crippen molar-refractivity contribution >= 4 is 12.2 Å². The van der Waals surface area contributed by atoms with Gasteiger partial charge in [0.15, 0.2) is 0 Å². The summed E-state index contributed by atoms with van der Waals surface area (Å²) in [6.45, 7) is 4.57. The summed E-state index contributed by atoms with van der Waals surface area (Å²) in [6.07, 6.45) is 15.8. The monoisotopic (exact) mass is 544 g/mol. The maximum absolute atomic E-state index is 15.0. The van der Waals surface area contributed by atoms with Crippen molar-refractivity contribution in [3.63, 3.8) is 0 Å². The minimum absolute atomic E-state index is 0.189. The molecule has 1 saturated carbocycles. The van der Waals surface area contributed by atoms with Gasteiger partial charge in [-0.2, -0.15) is 0 Å². The highest BCUT2D eigenvalue weighted by atomic mass is 19.1. The van der Waals surface area contributed by atoms with Gasteiger partial charge in [-0.3, -0.25) is 0 Å². The molecule has 5 rings (SSSR count). The van der Waals surface area contributed by atoms with Crippen molar-refractivity contribution in [1.82, 2.24) is 0 Å². The number of hydrogen-bond acceptors (Lipinski definition) is 0. The minimum Gasteiger partial charge on any atom is -0.206 e. The Bertz CT molecular complexity index is 1370. The molecular formula is C40H45F. The molecule has 4 aromatic carbocycles. The summed E-state index contributed by atoms with van der Waals surface area (Å²) >= 11 is 0. The van der Waals surface area contributed by atoms with Crippen LogP contribution in [0.4, 0.5) is 4.39 Å². The fraction of sp³-hybridized carbons (Fsp3) is 0.350. The summed E-state index contributed by atoms with van der Waals surface area (Å²) < 4.78 is 15.0. The molecule has 1 aliphatic rings. The van der Waals surface area contributed by atoms with Crippen molar-refractivity contribution in [2.24, 2.45) is 11.8 Å². The van der Waals surface area contributed by atoms with E-state index in [1.165, 1.54) is 61.6 Å². The second-order valence-electron chi connectivity index (χ2n) is 12.2. The number of halogens is 1. The van der Waals surface area contributed by atoms with E-state index in [9.17, 15) is 0 Å². The van der Waals surface area contributed by atoms with E-state index in [2.05, 4.69) is 92.7 Å². The van der Waals surface area contributed by atoms with Crippen molar-refractivity contribution in [2.75, 3.05) is 0 Å². The first-order chi connectivity index (χ1) is 20.1. The van der Waals surface area contributed by atoms with Gasteiger partial charge in [0.2, 0.25) is 0 Å². The maximum atomic E-state index is 15.0. The molecule has 0 saturated heterocycles. The molecule has 0 bridgehead atoms. The normalized spacial score (nSPS) is 18.0. The Kier molecular flexibility index (Phi) is 10.2. The van der Waals surface area contributed by atoms with Gasteiger partial charge in [0.05, 0.1) is 0 Å². The number of rotatable bonds is 11. The van der Waals surface area contributed by atoms with E-state index in [1.54, 1.807) is 6.07 Å². The van der Waals surface area contributed by atoms with Gasteiger partial charge in [0.1, 0.15) is 5.82 Å². The van der Waals surface area contributed by atoms with E-state index in [4.69, 9.17) is 0 Å². The van der Waals surface area contributed by atoms with Crippen molar-refractivity contribution in [3.05, 3.63) is 131 Å². The molecule has 1 atom stereocenters. The van der Waals surface area contributed by atoms with Crippen molar-refractivity contribution in [1.29, 1.82) is 0 Å². The van der Waals surface area contributed by atoms with E-state index in [0.717, 1.165) is 41.4 Å². The van der Waals surface area contributed by atoms with Crippen molar-refractivity contribution in [3.8, 4) is 11.1 Å². The van der Waals surface area contributed by atoms with E-state index in [0.29, 0.717) is 11.5 Å². The van der Waals surface area contributed by atoms with Crippen LogP contribution in [-0.4, -0.2) is 0 Å². The van der Waals surface area contributed by atoms with Crippen molar-refractivity contribution < 1.29 is 4.39 Å². The SMILES string of the molecule is CCCC1CCC(CCc2ccc(/C=C/c3ccc(-c4ccc(CC(C)c5ccccc5)cc4)cc3F)cc2)CC1. The molecule has 0 radical (unpaired) electrons. The predicted molar refractivity (Wildman–Crippen MR) is 174 cm³/mol.